The molecule has 2 aromatic carbocycles. The van der Waals surface area contributed by atoms with E-state index < -0.39 is 0 Å². The van der Waals surface area contributed by atoms with Gasteiger partial charge in [0.2, 0.25) is 0 Å². The van der Waals surface area contributed by atoms with Gasteiger partial charge in [0, 0.05) is 41.8 Å². The Kier molecular flexibility index (Phi) is 6.61. The van der Waals surface area contributed by atoms with Crippen molar-refractivity contribution in [2.45, 2.75) is 51.4 Å². The van der Waals surface area contributed by atoms with Gasteiger partial charge in [0.25, 0.3) is 5.91 Å². The van der Waals surface area contributed by atoms with Crippen molar-refractivity contribution < 1.29 is 20.1 Å². The summed E-state index contributed by atoms with van der Waals surface area (Å²) in [7, 11) is 0. The largest absolute Gasteiger partial charge is 0.507 e. The van der Waals surface area contributed by atoms with Crippen molar-refractivity contribution in [2.75, 3.05) is 18.1 Å². The molecule has 5 heteroatoms. The van der Waals surface area contributed by atoms with Crippen LogP contribution in [0.2, 0.25) is 0 Å². The van der Waals surface area contributed by atoms with E-state index in [9.17, 15) is 20.1 Å². The molecule has 3 N–H and O–H groups in total. The zero-order valence-corrected chi connectivity index (χ0v) is 19.4. The summed E-state index contributed by atoms with van der Waals surface area (Å²) in [6.45, 7) is 8.68. The summed E-state index contributed by atoms with van der Waals surface area (Å²) in [6.07, 6.45) is 5.12. The number of benzene rings is 2. The molecule has 33 heavy (non-hydrogen) atoms. The monoisotopic (exact) mass is 447 g/mol. The van der Waals surface area contributed by atoms with Crippen molar-refractivity contribution in [1.82, 2.24) is 0 Å². The van der Waals surface area contributed by atoms with E-state index in [1.165, 1.54) is 5.57 Å². The van der Waals surface area contributed by atoms with Gasteiger partial charge in [0.15, 0.2) is 0 Å². The second-order valence-corrected chi connectivity index (χ2v) is 9.44. The molecule has 0 radical (unpaired) electrons. The number of aromatic hydroxyl groups is 2. The number of nitrogens with zero attached hydrogens (tertiary/aromatic N) is 1. The summed E-state index contributed by atoms with van der Waals surface area (Å²) in [6, 6.07) is 10.7. The highest BCUT2D eigenvalue weighted by Crippen LogP contribution is 2.53. The van der Waals surface area contributed by atoms with Crippen LogP contribution in [0.3, 0.4) is 0 Å². The van der Waals surface area contributed by atoms with E-state index in [0.29, 0.717) is 41.8 Å². The van der Waals surface area contributed by atoms with Crippen molar-refractivity contribution in [3.8, 4) is 11.5 Å². The number of allylic oxidation sites excluding steroid dienone is 3. The van der Waals surface area contributed by atoms with Gasteiger partial charge in [0.1, 0.15) is 11.5 Å². The Hall–Kier alpha value is -3.05. The van der Waals surface area contributed by atoms with Crippen LogP contribution in [0, 0.1) is 5.92 Å². The van der Waals surface area contributed by atoms with Crippen LogP contribution in [0.25, 0.3) is 0 Å². The molecule has 0 saturated heterocycles. The quantitative estimate of drug-likeness (QED) is 0.519. The first-order chi connectivity index (χ1) is 15.8. The lowest BCUT2D eigenvalue weighted by molar-refractivity contribution is 0.0983. The molecule has 3 atom stereocenters. The van der Waals surface area contributed by atoms with Gasteiger partial charge in [-0.05, 0) is 63.5 Å². The number of amides is 1. The predicted octanol–water partition coefficient (Wildman–Crippen LogP) is 5.63. The van der Waals surface area contributed by atoms with Gasteiger partial charge >= 0.3 is 0 Å². The molecule has 5 nitrogen and oxygen atoms in total. The lowest BCUT2D eigenvalue weighted by Crippen LogP contribution is -2.37. The van der Waals surface area contributed by atoms with Crippen LogP contribution in [0.15, 0.2) is 60.2 Å². The summed E-state index contributed by atoms with van der Waals surface area (Å²) < 4.78 is 0. The molecule has 1 aliphatic carbocycles. The zero-order chi connectivity index (χ0) is 23.7. The second kappa shape index (κ2) is 9.44. The fourth-order valence-electron chi connectivity index (χ4n) is 5.48. The Morgan fingerprint density at radius 3 is 2.55 bits per heavy atom. The SMILES string of the molecule is C=C(C)[C@@H]1CCC(C)=C[C@H]1c1c(O)cc2c(c1O)[C@H](CCO)CCN2C(=O)c1ccccc1. The summed E-state index contributed by atoms with van der Waals surface area (Å²) >= 11 is 0. The normalized spacial score (nSPS) is 22.5. The average Bonchev–Trinajstić information content (AvgIpc) is 2.79. The Labute approximate surface area is 195 Å². The molecule has 0 unspecified atom stereocenters. The van der Waals surface area contributed by atoms with Crippen molar-refractivity contribution >= 4 is 11.6 Å². The molecule has 0 saturated carbocycles. The maximum atomic E-state index is 13.3. The highest BCUT2D eigenvalue weighted by Gasteiger charge is 2.37. The Morgan fingerprint density at radius 1 is 1.15 bits per heavy atom. The first-order valence-electron chi connectivity index (χ1n) is 11.7. The number of fused-ring (bicyclic) bond motifs is 1. The predicted molar refractivity (Wildman–Crippen MR) is 131 cm³/mol. The fraction of sp³-hybridized carbons (Fsp3) is 0.393. The third kappa shape index (κ3) is 4.30. The first-order valence-corrected chi connectivity index (χ1v) is 11.7. The molecule has 1 amide bonds. The molecule has 0 fully saturated rings. The molecule has 0 bridgehead atoms. The number of phenols is 2. The van der Waals surface area contributed by atoms with Gasteiger partial charge in [-0.3, -0.25) is 4.79 Å². The van der Waals surface area contributed by atoms with Gasteiger partial charge in [0.05, 0.1) is 5.69 Å². The van der Waals surface area contributed by atoms with E-state index in [0.717, 1.165) is 18.4 Å². The lowest BCUT2D eigenvalue weighted by Gasteiger charge is -2.37. The van der Waals surface area contributed by atoms with Crippen molar-refractivity contribution in [3.63, 3.8) is 0 Å². The highest BCUT2D eigenvalue weighted by atomic mass is 16.3. The molecule has 4 rings (SSSR count). The van der Waals surface area contributed by atoms with Crippen LogP contribution in [0.1, 0.15) is 72.9 Å². The van der Waals surface area contributed by atoms with Gasteiger partial charge in [-0.1, -0.05) is 42.0 Å². The van der Waals surface area contributed by atoms with E-state index in [1.807, 2.05) is 25.1 Å². The van der Waals surface area contributed by atoms with Gasteiger partial charge in [-0.2, -0.15) is 0 Å². The second-order valence-electron chi connectivity index (χ2n) is 9.44. The third-order valence-electron chi connectivity index (χ3n) is 7.19. The van der Waals surface area contributed by atoms with E-state index in [1.54, 1.807) is 23.1 Å². The molecule has 2 aromatic rings. The Balaban J connectivity index is 1.87. The maximum Gasteiger partial charge on any atom is 0.258 e. The minimum atomic E-state index is -0.184. The number of aliphatic hydroxyl groups excluding tert-OH is 1. The number of hydrogen-bond acceptors (Lipinski definition) is 4. The summed E-state index contributed by atoms with van der Waals surface area (Å²) in [5.41, 5.74) is 4.47. The molecule has 0 spiro atoms. The van der Waals surface area contributed by atoms with Gasteiger partial charge in [-0.15, -0.1) is 0 Å². The van der Waals surface area contributed by atoms with Crippen molar-refractivity contribution in [2.24, 2.45) is 5.92 Å². The van der Waals surface area contributed by atoms with E-state index in [2.05, 4.69) is 19.6 Å². The number of phenolic OH excluding ortho intramolecular Hbond substituents is 2. The standard InChI is InChI=1S/C28H33NO4/c1-17(2)21-10-9-18(3)15-22(21)26-24(31)16-23-25(27(26)32)19(12-14-30)11-13-29(23)28(33)20-7-5-4-6-8-20/h4-8,15-16,19,21-22,30-32H,1,9-14H2,2-3H3/t19-,21-,22+/m0/s1. The number of hydrogen-bond donors (Lipinski definition) is 3. The fourth-order valence-corrected chi connectivity index (χ4v) is 5.48. The summed E-state index contributed by atoms with van der Waals surface area (Å²) in [5, 5.41) is 32.4. The first kappa shape index (κ1) is 23.1. The third-order valence-corrected chi connectivity index (χ3v) is 7.19. The number of rotatable bonds is 5. The van der Waals surface area contributed by atoms with Gasteiger partial charge in [-0.25, -0.2) is 0 Å². The minimum absolute atomic E-state index is 0.0102. The van der Waals surface area contributed by atoms with E-state index in [4.69, 9.17) is 0 Å². The van der Waals surface area contributed by atoms with E-state index >= 15 is 0 Å². The Bertz CT molecular complexity index is 1090. The molecule has 2 aliphatic rings. The number of aliphatic hydroxyl groups is 1. The topological polar surface area (TPSA) is 81.0 Å². The number of anilines is 1. The van der Waals surface area contributed by atoms with Crippen LogP contribution in [0.5, 0.6) is 11.5 Å². The molecular weight excluding hydrogens is 414 g/mol. The van der Waals surface area contributed by atoms with Crippen LogP contribution in [0.4, 0.5) is 5.69 Å². The Morgan fingerprint density at radius 2 is 1.88 bits per heavy atom. The smallest absolute Gasteiger partial charge is 0.258 e. The minimum Gasteiger partial charge on any atom is -0.507 e. The highest BCUT2D eigenvalue weighted by molar-refractivity contribution is 6.07. The molecule has 174 valence electrons. The molecule has 1 heterocycles. The van der Waals surface area contributed by atoms with Crippen molar-refractivity contribution in [3.05, 3.63) is 76.9 Å². The van der Waals surface area contributed by atoms with Crippen molar-refractivity contribution in [1.29, 1.82) is 0 Å². The maximum absolute atomic E-state index is 13.3. The summed E-state index contributed by atoms with van der Waals surface area (Å²) in [4.78, 5) is 15.0. The summed E-state index contributed by atoms with van der Waals surface area (Å²) in [5.74, 6) is -0.303. The van der Waals surface area contributed by atoms with Crippen LogP contribution in [-0.2, 0) is 0 Å². The lowest BCUT2D eigenvalue weighted by atomic mass is 9.72. The zero-order valence-electron chi connectivity index (χ0n) is 19.4. The van der Waals surface area contributed by atoms with Crippen LogP contribution >= 0.6 is 0 Å². The number of carbonyl (C=O) groups is 1. The van der Waals surface area contributed by atoms with Crippen LogP contribution in [-0.4, -0.2) is 34.4 Å². The average molecular weight is 448 g/mol. The van der Waals surface area contributed by atoms with Gasteiger partial charge < -0.3 is 20.2 Å². The molecular formula is C28H33NO4. The molecule has 0 aromatic heterocycles. The van der Waals surface area contributed by atoms with E-state index in [-0.39, 0.29) is 41.8 Å². The number of carbonyl (C=O) groups excluding carboxylic acids is 1. The molecule has 1 aliphatic heterocycles. The van der Waals surface area contributed by atoms with Crippen LogP contribution < -0.4 is 4.90 Å².